The van der Waals surface area contributed by atoms with E-state index in [2.05, 4.69) is 48.7 Å². The molecular weight excluding hydrogens is 326 g/mol. The summed E-state index contributed by atoms with van der Waals surface area (Å²) in [6, 6.07) is 18.8. The number of hydrogen-bond acceptors (Lipinski definition) is 2. The first-order chi connectivity index (χ1) is 12.3. The van der Waals surface area contributed by atoms with Crippen molar-refractivity contribution in [3.05, 3.63) is 71.3 Å². The average molecular weight is 354 g/mol. The van der Waals surface area contributed by atoms with Gasteiger partial charge in [-0.2, -0.15) is 11.8 Å². The van der Waals surface area contributed by atoms with Crippen LogP contribution in [0.1, 0.15) is 40.7 Å². The van der Waals surface area contributed by atoms with Crippen molar-refractivity contribution in [1.29, 1.82) is 0 Å². The lowest BCUT2D eigenvalue weighted by molar-refractivity contribution is 0.0687. The maximum absolute atomic E-state index is 12.7. The number of hydrogen-bond donors (Lipinski definition) is 0. The van der Waals surface area contributed by atoms with Crippen LogP contribution in [0.25, 0.3) is 0 Å². The fraction of sp³-hybridized carbons (Fsp3) is 0.409. The molecule has 1 saturated heterocycles. The van der Waals surface area contributed by atoms with Gasteiger partial charge in [-0.1, -0.05) is 42.5 Å². The highest BCUT2D eigenvalue weighted by Gasteiger charge is 2.23. The minimum atomic E-state index is 0.192. The van der Waals surface area contributed by atoms with Crippen molar-refractivity contribution in [2.45, 2.75) is 31.4 Å². The summed E-state index contributed by atoms with van der Waals surface area (Å²) in [5.74, 6) is 1.94. The second kappa shape index (κ2) is 9.10. The number of piperidine rings is 1. The highest BCUT2D eigenvalue weighted by molar-refractivity contribution is 7.97. The summed E-state index contributed by atoms with van der Waals surface area (Å²) >= 11 is 1.80. The lowest BCUT2D eigenvalue weighted by atomic mass is 9.90. The van der Waals surface area contributed by atoms with Gasteiger partial charge in [0.15, 0.2) is 0 Å². The van der Waals surface area contributed by atoms with Gasteiger partial charge in [-0.05, 0) is 61.1 Å². The molecule has 0 atom stereocenters. The largest absolute Gasteiger partial charge is 0.339 e. The standard InChI is InChI=1S/C22H27NOS/c1-25-17-20-9-11-21(12-10-20)22(24)23-15-13-19(14-16-23)8-7-18-5-3-2-4-6-18/h2-6,9-12,19H,7-8,13-17H2,1H3. The van der Waals surface area contributed by atoms with Gasteiger partial charge < -0.3 is 4.90 Å². The number of thioether (sulfide) groups is 1. The molecular formula is C22H27NOS. The molecule has 3 rings (SSSR count). The molecule has 3 heteroatoms. The number of aryl methyl sites for hydroxylation is 1. The lowest BCUT2D eigenvalue weighted by Gasteiger charge is -2.32. The van der Waals surface area contributed by atoms with Crippen molar-refractivity contribution < 1.29 is 4.79 Å². The van der Waals surface area contributed by atoms with Crippen LogP contribution in [0.15, 0.2) is 54.6 Å². The molecule has 1 aliphatic rings. The fourth-order valence-corrected chi connectivity index (χ4v) is 4.06. The minimum absolute atomic E-state index is 0.192. The maximum atomic E-state index is 12.7. The first-order valence-electron chi connectivity index (χ1n) is 9.17. The molecule has 1 aliphatic heterocycles. The molecule has 2 aromatic rings. The maximum Gasteiger partial charge on any atom is 0.253 e. The summed E-state index contributed by atoms with van der Waals surface area (Å²) < 4.78 is 0. The quantitative estimate of drug-likeness (QED) is 0.725. The smallest absolute Gasteiger partial charge is 0.253 e. The lowest BCUT2D eigenvalue weighted by Crippen LogP contribution is -2.38. The van der Waals surface area contributed by atoms with Crippen LogP contribution in [0.2, 0.25) is 0 Å². The Morgan fingerprint density at radius 2 is 1.68 bits per heavy atom. The monoisotopic (exact) mass is 353 g/mol. The highest BCUT2D eigenvalue weighted by Crippen LogP contribution is 2.24. The van der Waals surface area contributed by atoms with E-state index in [-0.39, 0.29) is 5.91 Å². The van der Waals surface area contributed by atoms with E-state index >= 15 is 0 Å². The summed E-state index contributed by atoms with van der Waals surface area (Å²) in [7, 11) is 0. The molecule has 132 valence electrons. The van der Waals surface area contributed by atoms with E-state index in [0.29, 0.717) is 0 Å². The number of nitrogens with zero attached hydrogens (tertiary/aromatic N) is 1. The number of amides is 1. The van der Waals surface area contributed by atoms with Gasteiger partial charge in [0.05, 0.1) is 0 Å². The third-order valence-electron chi connectivity index (χ3n) is 5.10. The van der Waals surface area contributed by atoms with E-state index in [1.54, 1.807) is 11.8 Å². The molecule has 1 fully saturated rings. The molecule has 0 aliphatic carbocycles. The van der Waals surface area contributed by atoms with E-state index in [1.807, 2.05) is 17.0 Å². The zero-order valence-electron chi connectivity index (χ0n) is 15.0. The topological polar surface area (TPSA) is 20.3 Å². The Morgan fingerprint density at radius 3 is 2.32 bits per heavy atom. The average Bonchev–Trinajstić information content (AvgIpc) is 2.68. The first-order valence-corrected chi connectivity index (χ1v) is 10.6. The molecule has 0 radical (unpaired) electrons. The van der Waals surface area contributed by atoms with Crippen LogP contribution in [0.5, 0.6) is 0 Å². The summed E-state index contributed by atoms with van der Waals surface area (Å²) in [5, 5.41) is 0. The van der Waals surface area contributed by atoms with E-state index < -0.39 is 0 Å². The number of likely N-dealkylation sites (tertiary alicyclic amines) is 1. The Bertz CT molecular complexity index is 660. The minimum Gasteiger partial charge on any atom is -0.339 e. The van der Waals surface area contributed by atoms with Crippen LogP contribution >= 0.6 is 11.8 Å². The first kappa shape index (κ1) is 18.1. The van der Waals surface area contributed by atoms with Crippen LogP contribution in [-0.4, -0.2) is 30.2 Å². The SMILES string of the molecule is CSCc1ccc(C(=O)N2CCC(CCc3ccccc3)CC2)cc1. The third kappa shape index (κ3) is 5.12. The van der Waals surface area contributed by atoms with Crippen molar-refractivity contribution in [2.24, 2.45) is 5.92 Å². The van der Waals surface area contributed by atoms with Crippen molar-refractivity contribution in [1.82, 2.24) is 4.90 Å². The molecule has 0 bridgehead atoms. The Labute approximate surface area is 155 Å². The van der Waals surface area contributed by atoms with Gasteiger partial charge in [-0.3, -0.25) is 4.79 Å². The Hall–Kier alpha value is -1.74. The fourth-order valence-electron chi connectivity index (χ4n) is 3.53. The van der Waals surface area contributed by atoms with Crippen LogP contribution < -0.4 is 0 Å². The van der Waals surface area contributed by atoms with E-state index in [0.717, 1.165) is 49.6 Å². The van der Waals surface area contributed by atoms with Crippen molar-refractivity contribution in [3.8, 4) is 0 Å². The number of rotatable bonds is 6. The van der Waals surface area contributed by atoms with Gasteiger partial charge in [0, 0.05) is 24.4 Å². The molecule has 1 amide bonds. The Balaban J connectivity index is 1.47. The number of benzene rings is 2. The zero-order valence-corrected chi connectivity index (χ0v) is 15.8. The normalized spacial score (nSPS) is 15.3. The zero-order chi connectivity index (χ0) is 17.5. The molecule has 0 aromatic heterocycles. The Morgan fingerprint density at radius 1 is 1.00 bits per heavy atom. The van der Waals surface area contributed by atoms with Gasteiger partial charge in [0.2, 0.25) is 0 Å². The molecule has 0 N–H and O–H groups in total. The second-order valence-corrected chi connectivity index (χ2v) is 7.76. The summed E-state index contributed by atoms with van der Waals surface area (Å²) in [4.78, 5) is 14.7. The molecule has 1 heterocycles. The molecule has 0 unspecified atom stereocenters. The molecule has 2 nitrogen and oxygen atoms in total. The van der Waals surface area contributed by atoms with Crippen molar-refractivity contribution in [3.63, 3.8) is 0 Å². The highest BCUT2D eigenvalue weighted by atomic mass is 32.2. The molecule has 25 heavy (non-hydrogen) atoms. The predicted molar refractivity (Wildman–Crippen MR) is 107 cm³/mol. The van der Waals surface area contributed by atoms with E-state index in [1.165, 1.54) is 17.5 Å². The number of carbonyl (C=O) groups is 1. The van der Waals surface area contributed by atoms with Crippen LogP contribution in [0.4, 0.5) is 0 Å². The van der Waals surface area contributed by atoms with E-state index in [9.17, 15) is 4.79 Å². The van der Waals surface area contributed by atoms with Crippen LogP contribution in [-0.2, 0) is 12.2 Å². The van der Waals surface area contributed by atoms with Gasteiger partial charge in [-0.25, -0.2) is 0 Å². The van der Waals surface area contributed by atoms with Crippen LogP contribution in [0.3, 0.4) is 0 Å². The van der Waals surface area contributed by atoms with E-state index in [4.69, 9.17) is 0 Å². The van der Waals surface area contributed by atoms with Gasteiger partial charge in [0.1, 0.15) is 0 Å². The summed E-state index contributed by atoms with van der Waals surface area (Å²) in [6.07, 6.45) is 6.74. The summed E-state index contributed by atoms with van der Waals surface area (Å²) in [6.45, 7) is 1.79. The van der Waals surface area contributed by atoms with Gasteiger partial charge in [-0.15, -0.1) is 0 Å². The van der Waals surface area contributed by atoms with Crippen molar-refractivity contribution in [2.75, 3.05) is 19.3 Å². The number of carbonyl (C=O) groups excluding carboxylic acids is 1. The molecule has 0 saturated carbocycles. The summed E-state index contributed by atoms with van der Waals surface area (Å²) in [5.41, 5.74) is 3.53. The predicted octanol–water partition coefficient (Wildman–Crippen LogP) is 5.03. The third-order valence-corrected chi connectivity index (χ3v) is 5.72. The van der Waals surface area contributed by atoms with Gasteiger partial charge in [0.25, 0.3) is 5.91 Å². The van der Waals surface area contributed by atoms with Crippen molar-refractivity contribution >= 4 is 17.7 Å². The molecule has 0 spiro atoms. The second-order valence-electron chi connectivity index (χ2n) is 6.89. The molecule has 2 aromatic carbocycles. The van der Waals surface area contributed by atoms with Crippen LogP contribution in [0, 0.1) is 5.92 Å². The Kier molecular flexibility index (Phi) is 6.57. The van der Waals surface area contributed by atoms with Gasteiger partial charge >= 0.3 is 0 Å².